The summed E-state index contributed by atoms with van der Waals surface area (Å²) in [5.41, 5.74) is 1.01. The van der Waals surface area contributed by atoms with Crippen molar-refractivity contribution < 1.29 is 4.39 Å². The number of nitrogens with one attached hydrogen (secondary N) is 2. The Morgan fingerprint density at radius 1 is 1.22 bits per heavy atom. The standard InChI is InChI=1S/C18H29FN4/c1-3-20-18(22-14-15-8-10-16(19)11-9-15)21-12-13-23(2)17-6-4-5-7-17/h8-11,17H,3-7,12-14H2,1-2H3,(H2,20,21,22). The van der Waals surface area contributed by atoms with Crippen LogP contribution >= 0.6 is 0 Å². The predicted molar refractivity (Wildman–Crippen MR) is 94.1 cm³/mol. The van der Waals surface area contributed by atoms with Gasteiger partial charge < -0.3 is 15.5 Å². The summed E-state index contributed by atoms with van der Waals surface area (Å²) in [6.45, 7) is 5.33. The molecule has 0 amide bonds. The zero-order valence-corrected chi connectivity index (χ0v) is 14.3. The lowest BCUT2D eigenvalue weighted by Gasteiger charge is -2.24. The molecule has 128 valence electrons. The highest BCUT2D eigenvalue weighted by Gasteiger charge is 2.18. The van der Waals surface area contributed by atoms with Crippen molar-refractivity contribution >= 4 is 5.96 Å². The molecule has 2 N–H and O–H groups in total. The van der Waals surface area contributed by atoms with Crippen molar-refractivity contribution in [2.45, 2.75) is 45.2 Å². The number of benzene rings is 1. The summed E-state index contributed by atoms with van der Waals surface area (Å²) in [7, 11) is 2.21. The Hall–Kier alpha value is -1.62. The lowest BCUT2D eigenvalue weighted by atomic mass is 10.2. The van der Waals surface area contributed by atoms with Crippen LogP contribution in [0, 0.1) is 5.82 Å². The number of rotatable bonds is 7. The average Bonchev–Trinajstić information content (AvgIpc) is 3.08. The third-order valence-electron chi connectivity index (χ3n) is 4.38. The summed E-state index contributed by atoms with van der Waals surface area (Å²) in [5.74, 6) is 0.606. The molecular formula is C18H29FN4. The molecule has 2 rings (SSSR count). The molecule has 0 saturated heterocycles. The van der Waals surface area contributed by atoms with E-state index in [1.807, 2.05) is 0 Å². The summed E-state index contributed by atoms with van der Waals surface area (Å²) in [6, 6.07) is 7.24. The second-order valence-electron chi connectivity index (χ2n) is 6.17. The number of nitrogens with zero attached hydrogens (tertiary/aromatic N) is 2. The fourth-order valence-corrected chi connectivity index (χ4v) is 2.98. The number of aliphatic imine (C=N–C) groups is 1. The largest absolute Gasteiger partial charge is 0.357 e. The van der Waals surface area contributed by atoms with E-state index in [4.69, 9.17) is 0 Å². The molecule has 0 aliphatic heterocycles. The van der Waals surface area contributed by atoms with Gasteiger partial charge in [-0.1, -0.05) is 25.0 Å². The lowest BCUT2D eigenvalue weighted by molar-refractivity contribution is 0.249. The molecule has 0 atom stereocenters. The second kappa shape index (κ2) is 9.50. The molecule has 0 unspecified atom stereocenters. The molecule has 5 heteroatoms. The van der Waals surface area contributed by atoms with E-state index in [2.05, 4.69) is 34.5 Å². The van der Waals surface area contributed by atoms with Crippen LogP contribution in [0.1, 0.15) is 38.2 Å². The highest BCUT2D eigenvalue weighted by atomic mass is 19.1. The van der Waals surface area contributed by atoms with E-state index in [0.717, 1.165) is 37.2 Å². The molecule has 0 heterocycles. The topological polar surface area (TPSA) is 39.7 Å². The molecule has 1 aromatic rings. The molecule has 0 radical (unpaired) electrons. The van der Waals surface area contributed by atoms with Gasteiger partial charge in [-0.3, -0.25) is 0 Å². The minimum atomic E-state index is -0.210. The van der Waals surface area contributed by atoms with E-state index >= 15 is 0 Å². The maximum absolute atomic E-state index is 12.9. The van der Waals surface area contributed by atoms with Gasteiger partial charge >= 0.3 is 0 Å². The minimum absolute atomic E-state index is 0.210. The van der Waals surface area contributed by atoms with Crippen LogP contribution < -0.4 is 10.6 Å². The van der Waals surface area contributed by atoms with Crippen LogP contribution in [-0.2, 0) is 6.54 Å². The van der Waals surface area contributed by atoms with Gasteiger partial charge in [0.1, 0.15) is 5.82 Å². The van der Waals surface area contributed by atoms with Crippen LogP contribution in [0.25, 0.3) is 0 Å². The minimum Gasteiger partial charge on any atom is -0.357 e. The van der Waals surface area contributed by atoms with Gasteiger partial charge in [0.05, 0.1) is 6.54 Å². The monoisotopic (exact) mass is 320 g/mol. The van der Waals surface area contributed by atoms with Gasteiger partial charge in [-0.2, -0.15) is 0 Å². The summed E-state index contributed by atoms with van der Waals surface area (Å²) < 4.78 is 12.9. The Balaban J connectivity index is 1.77. The molecule has 23 heavy (non-hydrogen) atoms. The first kappa shape index (κ1) is 17.7. The predicted octanol–water partition coefficient (Wildman–Crippen LogP) is 2.76. The normalized spacial score (nSPS) is 16.1. The molecule has 1 fully saturated rings. The Labute approximate surface area is 139 Å². The van der Waals surface area contributed by atoms with Crippen molar-refractivity contribution in [3.63, 3.8) is 0 Å². The van der Waals surface area contributed by atoms with E-state index in [1.165, 1.54) is 37.8 Å². The fourth-order valence-electron chi connectivity index (χ4n) is 2.98. The van der Waals surface area contributed by atoms with Crippen molar-refractivity contribution in [3.8, 4) is 0 Å². The third kappa shape index (κ3) is 6.18. The van der Waals surface area contributed by atoms with Crippen molar-refractivity contribution in [2.75, 3.05) is 26.7 Å². The number of halogens is 1. The maximum atomic E-state index is 12.9. The van der Waals surface area contributed by atoms with Crippen LogP contribution in [0.2, 0.25) is 0 Å². The number of hydrogen-bond donors (Lipinski definition) is 2. The Bertz CT molecular complexity index is 480. The molecule has 4 nitrogen and oxygen atoms in total. The van der Waals surface area contributed by atoms with Crippen molar-refractivity contribution in [1.82, 2.24) is 15.5 Å². The molecule has 0 spiro atoms. The fraction of sp³-hybridized carbons (Fsp3) is 0.611. The van der Waals surface area contributed by atoms with E-state index in [1.54, 1.807) is 12.1 Å². The zero-order valence-electron chi connectivity index (χ0n) is 14.3. The number of likely N-dealkylation sites (N-methyl/N-ethyl adjacent to an activating group) is 1. The van der Waals surface area contributed by atoms with E-state index < -0.39 is 0 Å². The van der Waals surface area contributed by atoms with Crippen molar-refractivity contribution in [3.05, 3.63) is 35.6 Å². The van der Waals surface area contributed by atoms with Gasteiger partial charge in [0, 0.05) is 25.7 Å². The lowest BCUT2D eigenvalue weighted by Crippen LogP contribution is -2.42. The molecule has 1 aromatic carbocycles. The molecule has 1 saturated carbocycles. The van der Waals surface area contributed by atoms with Crippen LogP contribution in [0.4, 0.5) is 4.39 Å². The number of hydrogen-bond acceptors (Lipinski definition) is 2. The van der Waals surface area contributed by atoms with E-state index in [9.17, 15) is 4.39 Å². The summed E-state index contributed by atoms with van der Waals surface area (Å²) >= 11 is 0. The van der Waals surface area contributed by atoms with Gasteiger partial charge in [0.15, 0.2) is 5.96 Å². The van der Waals surface area contributed by atoms with Crippen LogP contribution in [0.5, 0.6) is 0 Å². The maximum Gasteiger partial charge on any atom is 0.191 e. The summed E-state index contributed by atoms with van der Waals surface area (Å²) in [6.07, 6.45) is 5.39. The van der Waals surface area contributed by atoms with Crippen LogP contribution in [0.3, 0.4) is 0 Å². The highest BCUT2D eigenvalue weighted by Crippen LogP contribution is 2.21. The molecule has 1 aliphatic carbocycles. The molecule has 0 bridgehead atoms. The third-order valence-corrected chi connectivity index (χ3v) is 4.38. The van der Waals surface area contributed by atoms with E-state index in [0.29, 0.717) is 6.54 Å². The highest BCUT2D eigenvalue weighted by molar-refractivity contribution is 5.79. The average molecular weight is 320 g/mol. The first-order chi connectivity index (χ1) is 11.2. The summed E-state index contributed by atoms with van der Waals surface area (Å²) in [5, 5.41) is 6.63. The molecular weight excluding hydrogens is 291 g/mol. The van der Waals surface area contributed by atoms with Crippen LogP contribution in [-0.4, -0.2) is 43.6 Å². The van der Waals surface area contributed by atoms with Gasteiger partial charge in [-0.25, -0.2) is 9.38 Å². The quantitative estimate of drug-likeness (QED) is 0.599. The van der Waals surface area contributed by atoms with Gasteiger partial charge in [-0.05, 0) is 44.5 Å². The SMILES string of the molecule is CCNC(=NCc1ccc(F)cc1)NCCN(C)C1CCCC1. The Morgan fingerprint density at radius 2 is 1.91 bits per heavy atom. The van der Waals surface area contributed by atoms with Crippen molar-refractivity contribution in [1.29, 1.82) is 0 Å². The smallest absolute Gasteiger partial charge is 0.191 e. The first-order valence-electron chi connectivity index (χ1n) is 8.66. The van der Waals surface area contributed by atoms with E-state index in [-0.39, 0.29) is 5.82 Å². The second-order valence-corrected chi connectivity index (χ2v) is 6.17. The Morgan fingerprint density at radius 3 is 2.57 bits per heavy atom. The number of guanidine groups is 1. The summed E-state index contributed by atoms with van der Waals surface area (Å²) in [4.78, 5) is 7.01. The van der Waals surface area contributed by atoms with Gasteiger partial charge in [0.25, 0.3) is 0 Å². The first-order valence-corrected chi connectivity index (χ1v) is 8.66. The van der Waals surface area contributed by atoms with Crippen LogP contribution in [0.15, 0.2) is 29.3 Å². The molecule has 1 aliphatic rings. The zero-order chi connectivity index (χ0) is 16.5. The van der Waals surface area contributed by atoms with Crippen molar-refractivity contribution in [2.24, 2.45) is 4.99 Å². The molecule has 0 aromatic heterocycles. The van der Waals surface area contributed by atoms with Gasteiger partial charge in [0.2, 0.25) is 0 Å². The van der Waals surface area contributed by atoms with Gasteiger partial charge in [-0.15, -0.1) is 0 Å². The Kier molecular flexibility index (Phi) is 7.33.